The SMILES string of the molecule is CCOC(=O)CCCc1ccc2cc[nH]c2c1. The normalized spacial score (nSPS) is 10.6. The summed E-state index contributed by atoms with van der Waals surface area (Å²) >= 11 is 0. The van der Waals surface area contributed by atoms with E-state index in [9.17, 15) is 4.79 Å². The van der Waals surface area contributed by atoms with Crippen LogP contribution in [0.25, 0.3) is 10.9 Å². The van der Waals surface area contributed by atoms with Gasteiger partial charge in [0.1, 0.15) is 0 Å². The van der Waals surface area contributed by atoms with Crippen molar-refractivity contribution in [3.8, 4) is 0 Å². The molecule has 0 radical (unpaired) electrons. The third kappa shape index (κ3) is 3.09. The van der Waals surface area contributed by atoms with Crippen LogP contribution in [-0.4, -0.2) is 17.6 Å². The zero-order valence-electron chi connectivity index (χ0n) is 10.0. The molecular formula is C14H17NO2. The van der Waals surface area contributed by atoms with Crippen LogP contribution in [0.4, 0.5) is 0 Å². The predicted molar refractivity (Wildman–Crippen MR) is 67.9 cm³/mol. The van der Waals surface area contributed by atoms with Crippen LogP contribution in [0.2, 0.25) is 0 Å². The lowest BCUT2D eigenvalue weighted by Gasteiger charge is -2.02. The minimum absolute atomic E-state index is 0.103. The van der Waals surface area contributed by atoms with Gasteiger partial charge >= 0.3 is 5.97 Å². The highest BCUT2D eigenvalue weighted by Gasteiger charge is 2.02. The van der Waals surface area contributed by atoms with Gasteiger partial charge < -0.3 is 9.72 Å². The molecule has 0 aliphatic heterocycles. The summed E-state index contributed by atoms with van der Waals surface area (Å²) in [5.41, 5.74) is 2.41. The predicted octanol–water partition coefficient (Wildman–Crippen LogP) is 3.05. The van der Waals surface area contributed by atoms with Gasteiger partial charge in [-0.2, -0.15) is 0 Å². The average Bonchev–Trinajstić information content (AvgIpc) is 2.76. The number of hydrogen-bond donors (Lipinski definition) is 1. The number of hydrogen-bond acceptors (Lipinski definition) is 2. The molecule has 3 heteroatoms. The maximum absolute atomic E-state index is 11.2. The average molecular weight is 231 g/mol. The van der Waals surface area contributed by atoms with Gasteiger partial charge in [-0.25, -0.2) is 0 Å². The van der Waals surface area contributed by atoms with Crippen LogP contribution < -0.4 is 0 Å². The highest BCUT2D eigenvalue weighted by Crippen LogP contribution is 2.15. The molecule has 0 saturated carbocycles. The molecule has 0 fully saturated rings. The van der Waals surface area contributed by atoms with E-state index in [0.29, 0.717) is 13.0 Å². The second-order valence-corrected chi connectivity index (χ2v) is 4.06. The third-order valence-electron chi connectivity index (χ3n) is 2.77. The number of esters is 1. The zero-order valence-corrected chi connectivity index (χ0v) is 10.0. The number of fused-ring (bicyclic) bond motifs is 1. The molecule has 3 nitrogen and oxygen atoms in total. The second-order valence-electron chi connectivity index (χ2n) is 4.06. The molecule has 0 aliphatic rings. The summed E-state index contributed by atoms with van der Waals surface area (Å²) in [5.74, 6) is -0.103. The molecule has 0 saturated heterocycles. The van der Waals surface area contributed by atoms with Gasteiger partial charge in [-0.1, -0.05) is 12.1 Å². The number of aromatic amines is 1. The molecule has 0 atom stereocenters. The van der Waals surface area contributed by atoms with Crippen molar-refractivity contribution in [2.75, 3.05) is 6.61 Å². The standard InChI is InChI=1S/C14H17NO2/c1-2-17-14(16)5-3-4-11-6-7-12-8-9-15-13(12)10-11/h6-10,15H,2-5H2,1H3. The Bertz CT molecular complexity index is 502. The first-order valence-electron chi connectivity index (χ1n) is 6.01. The Morgan fingerprint density at radius 2 is 2.24 bits per heavy atom. The van der Waals surface area contributed by atoms with Gasteiger partial charge in [0.25, 0.3) is 0 Å². The van der Waals surface area contributed by atoms with E-state index >= 15 is 0 Å². The van der Waals surface area contributed by atoms with Crippen LogP contribution in [0.1, 0.15) is 25.3 Å². The first kappa shape index (κ1) is 11.7. The number of H-pyrrole nitrogens is 1. The fourth-order valence-electron chi connectivity index (χ4n) is 1.92. The summed E-state index contributed by atoms with van der Waals surface area (Å²) in [5, 5.41) is 1.22. The van der Waals surface area contributed by atoms with Crippen molar-refractivity contribution < 1.29 is 9.53 Å². The van der Waals surface area contributed by atoms with E-state index in [0.717, 1.165) is 18.4 Å². The molecule has 2 aromatic rings. The summed E-state index contributed by atoms with van der Waals surface area (Å²) in [7, 11) is 0. The fraction of sp³-hybridized carbons (Fsp3) is 0.357. The maximum atomic E-state index is 11.2. The second kappa shape index (κ2) is 5.53. The molecule has 0 aliphatic carbocycles. The first-order chi connectivity index (χ1) is 8.29. The molecule has 0 unspecified atom stereocenters. The number of nitrogens with one attached hydrogen (secondary N) is 1. The largest absolute Gasteiger partial charge is 0.466 e. The Morgan fingerprint density at radius 1 is 1.35 bits per heavy atom. The molecule has 2 rings (SSSR count). The number of carbonyl (C=O) groups excluding carboxylic acids is 1. The van der Waals surface area contributed by atoms with Crippen molar-refractivity contribution in [1.82, 2.24) is 4.98 Å². The van der Waals surface area contributed by atoms with E-state index in [1.165, 1.54) is 10.9 Å². The van der Waals surface area contributed by atoms with E-state index < -0.39 is 0 Å². The lowest BCUT2D eigenvalue weighted by molar-refractivity contribution is -0.143. The summed E-state index contributed by atoms with van der Waals surface area (Å²) in [6, 6.07) is 8.41. The Hall–Kier alpha value is -1.77. The Kier molecular flexibility index (Phi) is 3.81. The van der Waals surface area contributed by atoms with Gasteiger partial charge in [0, 0.05) is 18.1 Å². The Balaban J connectivity index is 1.88. The van der Waals surface area contributed by atoms with Crippen molar-refractivity contribution in [1.29, 1.82) is 0 Å². The van der Waals surface area contributed by atoms with Crippen molar-refractivity contribution in [3.63, 3.8) is 0 Å². The summed E-state index contributed by atoms with van der Waals surface area (Å²) < 4.78 is 4.89. The van der Waals surface area contributed by atoms with Gasteiger partial charge in [0.05, 0.1) is 6.61 Å². The van der Waals surface area contributed by atoms with Crippen LogP contribution in [0.3, 0.4) is 0 Å². The Morgan fingerprint density at radius 3 is 3.06 bits per heavy atom. The molecule has 0 bridgehead atoms. The highest BCUT2D eigenvalue weighted by atomic mass is 16.5. The van der Waals surface area contributed by atoms with Gasteiger partial charge in [-0.15, -0.1) is 0 Å². The third-order valence-corrected chi connectivity index (χ3v) is 2.77. The van der Waals surface area contributed by atoms with Gasteiger partial charge in [-0.3, -0.25) is 4.79 Å². The molecule has 17 heavy (non-hydrogen) atoms. The molecule has 1 aromatic carbocycles. The van der Waals surface area contributed by atoms with Crippen LogP contribution in [0.5, 0.6) is 0 Å². The van der Waals surface area contributed by atoms with Crippen molar-refractivity contribution in [2.24, 2.45) is 0 Å². The molecular weight excluding hydrogens is 214 g/mol. The smallest absolute Gasteiger partial charge is 0.305 e. The van der Waals surface area contributed by atoms with E-state index in [1.807, 2.05) is 13.1 Å². The van der Waals surface area contributed by atoms with E-state index in [2.05, 4.69) is 29.2 Å². The summed E-state index contributed by atoms with van der Waals surface area (Å²) in [6.07, 6.45) is 4.18. The molecule has 1 heterocycles. The first-order valence-corrected chi connectivity index (χ1v) is 6.01. The molecule has 0 spiro atoms. The van der Waals surface area contributed by atoms with Crippen LogP contribution in [0.15, 0.2) is 30.5 Å². The lowest BCUT2D eigenvalue weighted by Crippen LogP contribution is -2.03. The molecule has 0 amide bonds. The number of ether oxygens (including phenoxy) is 1. The number of aromatic nitrogens is 1. The van der Waals surface area contributed by atoms with E-state index in [-0.39, 0.29) is 5.97 Å². The molecule has 1 aromatic heterocycles. The quantitative estimate of drug-likeness (QED) is 0.803. The lowest BCUT2D eigenvalue weighted by atomic mass is 10.1. The number of carbonyl (C=O) groups is 1. The fourth-order valence-corrected chi connectivity index (χ4v) is 1.92. The minimum atomic E-state index is -0.103. The van der Waals surface area contributed by atoms with Gasteiger partial charge in [0.2, 0.25) is 0 Å². The van der Waals surface area contributed by atoms with Crippen molar-refractivity contribution in [3.05, 3.63) is 36.0 Å². The van der Waals surface area contributed by atoms with Crippen molar-refractivity contribution in [2.45, 2.75) is 26.2 Å². The van der Waals surface area contributed by atoms with E-state index in [4.69, 9.17) is 4.74 Å². The van der Waals surface area contributed by atoms with Crippen molar-refractivity contribution >= 4 is 16.9 Å². The summed E-state index contributed by atoms with van der Waals surface area (Å²) in [4.78, 5) is 14.4. The monoisotopic (exact) mass is 231 g/mol. The number of rotatable bonds is 5. The maximum Gasteiger partial charge on any atom is 0.305 e. The van der Waals surface area contributed by atoms with Gasteiger partial charge in [-0.05, 0) is 42.8 Å². The number of aryl methyl sites for hydroxylation is 1. The highest BCUT2D eigenvalue weighted by molar-refractivity contribution is 5.79. The molecule has 90 valence electrons. The minimum Gasteiger partial charge on any atom is -0.466 e. The van der Waals surface area contributed by atoms with Crippen LogP contribution >= 0.6 is 0 Å². The zero-order chi connectivity index (χ0) is 12.1. The summed E-state index contributed by atoms with van der Waals surface area (Å²) in [6.45, 7) is 2.30. The van der Waals surface area contributed by atoms with Gasteiger partial charge in [0.15, 0.2) is 0 Å². The molecule has 1 N–H and O–H groups in total. The topological polar surface area (TPSA) is 42.1 Å². The van der Waals surface area contributed by atoms with E-state index in [1.54, 1.807) is 0 Å². The van der Waals surface area contributed by atoms with Crippen LogP contribution in [0, 0.1) is 0 Å². The Labute approximate surface area is 101 Å². The van der Waals surface area contributed by atoms with Crippen LogP contribution in [-0.2, 0) is 16.0 Å². The number of benzene rings is 1.